The van der Waals surface area contributed by atoms with Crippen LogP contribution in [0.25, 0.3) is 0 Å². The van der Waals surface area contributed by atoms with Crippen LogP contribution in [-0.2, 0) is 16.1 Å². The molecule has 8 heteroatoms. The highest BCUT2D eigenvalue weighted by Crippen LogP contribution is 2.28. The van der Waals surface area contributed by atoms with E-state index in [1.165, 1.54) is 7.11 Å². The molecule has 8 nitrogen and oxygen atoms in total. The predicted molar refractivity (Wildman–Crippen MR) is 122 cm³/mol. The average molecular weight is 433 g/mol. The topological polar surface area (TPSA) is 77.9 Å². The van der Waals surface area contributed by atoms with E-state index in [0.717, 1.165) is 42.9 Å². The second kappa shape index (κ2) is 12.3. The Kier molecular flexibility index (Phi) is 9.81. The van der Waals surface area contributed by atoms with E-state index in [-0.39, 0.29) is 11.9 Å². The smallest absolute Gasteiger partial charge is 0.280 e. The lowest BCUT2D eigenvalue weighted by atomic mass is 10.1. The monoisotopic (exact) mass is 432 g/mol. The summed E-state index contributed by atoms with van der Waals surface area (Å²) in [6.07, 6.45) is 3.25. The molecule has 2 rings (SSSR count). The lowest BCUT2D eigenvalue weighted by molar-refractivity contribution is 0.0537. The van der Waals surface area contributed by atoms with Crippen LogP contribution < -0.4 is 15.1 Å². The van der Waals surface area contributed by atoms with Gasteiger partial charge in [-0.2, -0.15) is 5.10 Å². The molecule has 1 atom stereocenters. The van der Waals surface area contributed by atoms with E-state index in [9.17, 15) is 4.79 Å². The maximum atomic E-state index is 12.9. The van der Waals surface area contributed by atoms with Crippen LogP contribution in [0.4, 0.5) is 5.82 Å². The van der Waals surface area contributed by atoms with Gasteiger partial charge in [-0.05, 0) is 38.0 Å². The Morgan fingerprint density at radius 1 is 1.19 bits per heavy atom. The number of methoxy groups -OCH3 is 2. The number of anilines is 1. The third kappa shape index (κ3) is 6.45. The van der Waals surface area contributed by atoms with Crippen molar-refractivity contribution in [3.63, 3.8) is 0 Å². The molecule has 0 fully saturated rings. The Balaban J connectivity index is 2.52. The number of benzene rings is 1. The predicted octanol–water partition coefficient (Wildman–Crippen LogP) is 3.57. The maximum absolute atomic E-state index is 12.9. The molecule has 0 saturated heterocycles. The minimum absolute atomic E-state index is 0.0710. The van der Waals surface area contributed by atoms with Crippen LogP contribution in [0.2, 0.25) is 0 Å². The molecule has 0 aliphatic rings. The second-order valence-corrected chi connectivity index (χ2v) is 7.63. The van der Waals surface area contributed by atoms with E-state index in [2.05, 4.69) is 24.2 Å². The number of ether oxygens (including phenoxy) is 2. The molecule has 0 radical (unpaired) electrons. The van der Waals surface area contributed by atoms with Crippen LogP contribution in [0.15, 0.2) is 24.3 Å². The van der Waals surface area contributed by atoms with Crippen molar-refractivity contribution in [3.05, 3.63) is 41.1 Å². The van der Waals surface area contributed by atoms with Gasteiger partial charge in [0.1, 0.15) is 17.1 Å². The van der Waals surface area contributed by atoms with Gasteiger partial charge in [-0.15, -0.1) is 0 Å². The van der Waals surface area contributed by atoms with Gasteiger partial charge in [0, 0.05) is 13.7 Å². The van der Waals surface area contributed by atoms with Crippen LogP contribution >= 0.6 is 0 Å². The van der Waals surface area contributed by atoms with Gasteiger partial charge in [-0.25, -0.2) is 10.2 Å². The summed E-state index contributed by atoms with van der Waals surface area (Å²) in [7, 11) is 4.77. The summed E-state index contributed by atoms with van der Waals surface area (Å²) in [6.45, 7) is 8.02. The first-order chi connectivity index (χ1) is 15.0. The lowest BCUT2D eigenvalue weighted by Gasteiger charge is -2.32. The second-order valence-electron chi connectivity index (χ2n) is 7.63. The molecule has 172 valence electrons. The SMILES string of the molecule is CCCCCN(c1c(C(=O)NOC)c(C)nn1Cc1ccc(OC)cc1)[C@@H](C)COC. The molecule has 0 aliphatic carbocycles. The van der Waals surface area contributed by atoms with E-state index in [4.69, 9.17) is 19.4 Å². The Bertz CT molecular complexity index is 820. The van der Waals surface area contributed by atoms with Gasteiger partial charge in [-0.1, -0.05) is 31.9 Å². The number of hydrogen-bond donors (Lipinski definition) is 1. The number of nitrogens with one attached hydrogen (secondary N) is 1. The molecular weight excluding hydrogens is 396 g/mol. The van der Waals surface area contributed by atoms with Crippen LogP contribution in [0.3, 0.4) is 0 Å². The van der Waals surface area contributed by atoms with Crippen molar-refractivity contribution in [2.24, 2.45) is 0 Å². The fraction of sp³-hybridized carbons (Fsp3) is 0.565. The number of rotatable bonds is 13. The van der Waals surface area contributed by atoms with Gasteiger partial charge < -0.3 is 14.4 Å². The van der Waals surface area contributed by atoms with Crippen molar-refractivity contribution in [1.82, 2.24) is 15.3 Å². The van der Waals surface area contributed by atoms with Gasteiger partial charge in [0.2, 0.25) is 0 Å². The van der Waals surface area contributed by atoms with E-state index in [1.807, 2.05) is 35.9 Å². The molecule has 1 aromatic carbocycles. The number of nitrogens with zero attached hydrogens (tertiary/aromatic N) is 3. The van der Waals surface area contributed by atoms with E-state index < -0.39 is 0 Å². The molecule has 0 saturated carbocycles. The highest BCUT2D eigenvalue weighted by molar-refractivity contribution is 5.99. The average Bonchev–Trinajstić information content (AvgIpc) is 3.07. The molecule has 0 bridgehead atoms. The molecule has 0 aliphatic heterocycles. The van der Waals surface area contributed by atoms with Crippen LogP contribution in [0.1, 0.15) is 54.7 Å². The molecule has 1 heterocycles. The highest BCUT2D eigenvalue weighted by Gasteiger charge is 2.28. The van der Waals surface area contributed by atoms with E-state index in [1.54, 1.807) is 14.2 Å². The van der Waals surface area contributed by atoms with Gasteiger partial charge in [-0.3, -0.25) is 9.63 Å². The van der Waals surface area contributed by atoms with Crippen LogP contribution in [-0.4, -0.2) is 56.2 Å². The standard InChI is InChI=1S/C23H36N4O4/c1-7-8-9-14-26(17(2)16-29-4)23-21(22(28)25-31-6)18(3)24-27(23)15-19-10-12-20(30-5)13-11-19/h10-13,17H,7-9,14-16H2,1-6H3,(H,25,28)/t17-/m0/s1. The van der Waals surface area contributed by atoms with Crippen LogP contribution in [0, 0.1) is 6.92 Å². The van der Waals surface area contributed by atoms with Crippen molar-refractivity contribution in [2.75, 3.05) is 39.4 Å². The molecule has 1 N–H and O–H groups in total. The van der Waals surface area contributed by atoms with Crippen molar-refractivity contribution < 1.29 is 19.1 Å². The third-order valence-corrected chi connectivity index (χ3v) is 5.23. The minimum Gasteiger partial charge on any atom is -0.497 e. The van der Waals surface area contributed by atoms with Gasteiger partial charge in [0.05, 0.1) is 39.1 Å². The molecule has 31 heavy (non-hydrogen) atoms. The summed E-state index contributed by atoms with van der Waals surface area (Å²) < 4.78 is 12.6. The normalized spacial score (nSPS) is 11.9. The molecule has 1 amide bonds. The Hall–Kier alpha value is -2.58. The highest BCUT2D eigenvalue weighted by atomic mass is 16.6. The molecule has 2 aromatic rings. The quantitative estimate of drug-likeness (QED) is 0.385. The third-order valence-electron chi connectivity index (χ3n) is 5.23. The van der Waals surface area contributed by atoms with Crippen molar-refractivity contribution >= 4 is 11.7 Å². The van der Waals surface area contributed by atoms with E-state index in [0.29, 0.717) is 24.4 Å². The summed E-state index contributed by atoms with van der Waals surface area (Å²) in [5.41, 5.74) is 4.71. The largest absolute Gasteiger partial charge is 0.497 e. The maximum Gasteiger partial charge on any atom is 0.280 e. The Morgan fingerprint density at radius 3 is 2.48 bits per heavy atom. The summed E-state index contributed by atoms with van der Waals surface area (Å²) in [5, 5.41) is 4.73. The van der Waals surface area contributed by atoms with Crippen LogP contribution in [0.5, 0.6) is 5.75 Å². The zero-order valence-corrected chi connectivity index (χ0v) is 19.6. The molecule has 0 spiro atoms. The molecule has 1 aromatic heterocycles. The number of unbranched alkanes of at least 4 members (excludes halogenated alkanes) is 2. The summed E-state index contributed by atoms with van der Waals surface area (Å²) in [4.78, 5) is 20.0. The first-order valence-corrected chi connectivity index (χ1v) is 10.8. The first-order valence-electron chi connectivity index (χ1n) is 10.8. The number of carbonyl (C=O) groups excluding carboxylic acids is 1. The minimum atomic E-state index is -0.305. The van der Waals surface area contributed by atoms with E-state index >= 15 is 0 Å². The lowest BCUT2D eigenvalue weighted by Crippen LogP contribution is -2.40. The van der Waals surface area contributed by atoms with Crippen molar-refractivity contribution in [2.45, 2.75) is 52.6 Å². The molecular formula is C23H36N4O4. The van der Waals surface area contributed by atoms with Crippen molar-refractivity contribution in [3.8, 4) is 5.75 Å². The van der Waals surface area contributed by atoms with Gasteiger partial charge in [0.25, 0.3) is 5.91 Å². The zero-order valence-electron chi connectivity index (χ0n) is 19.6. The zero-order chi connectivity index (χ0) is 22.8. The molecule has 0 unspecified atom stereocenters. The van der Waals surface area contributed by atoms with Crippen molar-refractivity contribution in [1.29, 1.82) is 0 Å². The van der Waals surface area contributed by atoms with Gasteiger partial charge in [0.15, 0.2) is 0 Å². The fourth-order valence-corrected chi connectivity index (χ4v) is 3.68. The Morgan fingerprint density at radius 2 is 1.90 bits per heavy atom. The summed E-state index contributed by atoms with van der Waals surface area (Å²) in [5.74, 6) is 1.28. The number of hydrogen-bond acceptors (Lipinski definition) is 6. The Labute approximate surface area is 185 Å². The number of aryl methyl sites for hydroxylation is 1. The number of aromatic nitrogens is 2. The fourth-order valence-electron chi connectivity index (χ4n) is 3.68. The number of hydroxylamine groups is 1. The summed E-state index contributed by atoms with van der Waals surface area (Å²) in [6, 6.07) is 7.94. The van der Waals surface area contributed by atoms with Gasteiger partial charge >= 0.3 is 0 Å². The summed E-state index contributed by atoms with van der Waals surface area (Å²) >= 11 is 0. The number of amides is 1. The number of carbonyl (C=O) groups is 1. The first kappa shape index (κ1) is 24.7.